The zero-order chi connectivity index (χ0) is 22.5. The molecule has 3 N–H and O–H groups in total. The highest BCUT2D eigenvalue weighted by Crippen LogP contribution is 2.20. The van der Waals surface area contributed by atoms with Gasteiger partial charge in [-0.3, -0.25) is 24.0 Å². The van der Waals surface area contributed by atoms with E-state index in [1.807, 2.05) is 30.8 Å². The third kappa shape index (κ3) is 5.22. The monoisotopic (exact) mass is 430 g/mol. The molecule has 2 aromatic rings. The molecule has 1 aliphatic carbocycles. The highest BCUT2D eigenvalue weighted by Gasteiger charge is 2.27. The minimum absolute atomic E-state index is 0.0117. The maximum atomic E-state index is 13.3. The number of pyridine rings is 1. The number of hydrogen-bond acceptors (Lipinski definition) is 5. The van der Waals surface area contributed by atoms with Crippen LogP contribution in [0.2, 0.25) is 0 Å². The summed E-state index contributed by atoms with van der Waals surface area (Å²) >= 11 is 0. The number of anilines is 2. The number of carbonyl (C=O) groups is 1. The summed E-state index contributed by atoms with van der Waals surface area (Å²) in [6.45, 7) is 4.64. The highest BCUT2D eigenvalue weighted by atomic mass is 16.5. The number of amides is 1. The van der Waals surface area contributed by atoms with Crippen molar-refractivity contribution in [1.82, 2.24) is 9.55 Å². The van der Waals surface area contributed by atoms with Crippen LogP contribution in [0.15, 0.2) is 28.0 Å². The lowest BCUT2D eigenvalue weighted by Crippen LogP contribution is -2.49. The van der Waals surface area contributed by atoms with E-state index in [1.54, 1.807) is 0 Å². The molecule has 0 fully saturated rings. The van der Waals surface area contributed by atoms with Crippen molar-refractivity contribution < 1.29 is 14.1 Å². The number of aromatic amines is 1. The third-order valence-electron chi connectivity index (χ3n) is 5.51. The van der Waals surface area contributed by atoms with Crippen LogP contribution >= 0.6 is 0 Å². The number of nitrogens with zero attached hydrogens (tertiary/aromatic N) is 3. The van der Waals surface area contributed by atoms with E-state index in [2.05, 4.69) is 11.1 Å². The minimum Gasteiger partial charge on any atom is -0.383 e. The number of nitrogen functional groups attached to an aromatic ring is 1. The maximum Gasteiger partial charge on any atom is 0.330 e. The topological polar surface area (TPSA) is 114 Å². The van der Waals surface area contributed by atoms with E-state index >= 15 is 0 Å². The Morgan fingerprint density at radius 2 is 2.00 bits per heavy atom. The molecule has 2 heterocycles. The Hall–Kier alpha value is -2.94. The van der Waals surface area contributed by atoms with Gasteiger partial charge in [0.15, 0.2) is 18.1 Å². The first kappa shape index (κ1) is 22.7. The zero-order valence-corrected chi connectivity index (χ0v) is 18.5. The molecule has 1 aliphatic rings. The summed E-state index contributed by atoms with van der Waals surface area (Å²) in [5.41, 5.74) is 7.54. The van der Waals surface area contributed by atoms with Crippen molar-refractivity contribution in [1.29, 1.82) is 0 Å². The quantitative estimate of drug-likeness (QED) is 0.596. The molecule has 9 nitrogen and oxygen atoms in total. The number of fused-ring (bicyclic) bond motifs is 1. The molecule has 2 aromatic heterocycles. The number of carbonyl (C=O) groups excluding carboxylic acids is 1. The van der Waals surface area contributed by atoms with Gasteiger partial charge in [0, 0.05) is 31.8 Å². The lowest BCUT2D eigenvalue weighted by Gasteiger charge is -2.24. The smallest absolute Gasteiger partial charge is 0.330 e. The van der Waals surface area contributed by atoms with E-state index < -0.39 is 11.2 Å². The largest absolute Gasteiger partial charge is 0.383 e. The molecule has 31 heavy (non-hydrogen) atoms. The number of methoxy groups -OCH3 is 1. The van der Waals surface area contributed by atoms with Crippen molar-refractivity contribution in [3.63, 3.8) is 0 Å². The van der Waals surface area contributed by atoms with Crippen LogP contribution in [0.3, 0.4) is 0 Å². The first-order chi connectivity index (χ1) is 14.8. The number of aryl methyl sites for hydroxylation is 2. The lowest BCUT2D eigenvalue weighted by atomic mass is 9.93. The molecular formula is C22H32N5O4+. The molecule has 168 valence electrons. The summed E-state index contributed by atoms with van der Waals surface area (Å²) in [6, 6.07) is 2.06. The highest BCUT2D eigenvalue weighted by molar-refractivity contribution is 5.94. The molecule has 0 saturated heterocycles. The maximum absolute atomic E-state index is 13.3. The van der Waals surface area contributed by atoms with E-state index in [0.29, 0.717) is 6.54 Å². The summed E-state index contributed by atoms with van der Waals surface area (Å²) in [5.74, 6) is -0.181. The number of ether oxygens (including phenoxy) is 1. The van der Waals surface area contributed by atoms with Crippen LogP contribution in [0.4, 0.5) is 11.5 Å². The Balaban J connectivity index is 1.96. The van der Waals surface area contributed by atoms with Gasteiger partial charge in [0.05, 0.1) is 6.61 Å². The molecule has 0 aromatic carbocycles. The Morgan fingerprint density at radius 1 is 1.29 bits per heavy atom. The number of nitrogens with one attached hydrogen (secondary N) is 1. The van der Waals surface area contributed by atoms with E-state index in [1.165, 1.54) is 34.1 Å². The van der Waals surface area contributed by atoms with Crippen molar-refractivity contribution in [2.24, 2.45) is 5.92 Å². The van der Waals surface area contributed by atoms with Gasteiger partial charge in [-0.05, 0) is 37.2 Å². The van der Waals surface area contributed by atoms with Crippen LogP contribution in [0, 0.1) is 5.92 Å². The number of hydrogen-bond donors (Lipinski definition) is 2. The van der Waals surface area contributed by atoms with Crippen LogP contribution in [0.5, 0.6) is 0 Å². The third-order valence-corrected chi connectivity index (χ3v) is 5.51. The first-order valence-corrected chi connectivity index (χ1v) is 10.7. The van der Waals surface area contributed by atoms with Crippen LogP contribution in [0.1, 0.15) is 37.8 Å². The molecular weight excluding hydrogens is 398 g/mol. The number of aromatic nitrogens is 3. The van der Waals surface area contributed by atoms with E-state index in [9.17, 15) is 14.4 Å². The standard InChI is InChI=1S/C22H31N5O4/c1-15(2)12-27-20(23)19(21(29)24-22(27)30)26(10-11-31-3)18(28)14-25-9-8-16-6-4-5-7-17(16)13-25/h8-9,13,15H,4-7,10-12,14H2,1-3H3,(H2-,23,24,29,30)/p+1. The van der Waals surface area contributed by atoms with Crippen LogP contribution in [0.25, 0.3) is 0 Å². The zero-order valence-electron chi connectivity index (χ0n) is 18.5. The van der Waals surface area contributed by atoms with Gasteiger partial charge >= 0.3 is 5.69 Å². The fourth-order valence-electron chi connectivity index (χ4n) is 3.99. The molecule has 1 amide bonds. The second-order valence-corrected chi connectivity index (χ2v) is 8.41. The van der Waals surface area contributed by atoms with Gasteiger partial charge in [0.25, 0.3) is 11.5 Å². The van der Waals surface area contributed by atoms with Gasteiger partial charge in [-0.1, -0.05) is 13.8 Å². The van der Waals surface area contributed by atoms with Crippen LogP contribution < -0.4 is 26.4 Å². The van der Waals surface area contributed by atoms with Crippen molar-refractivity contribution in [3.05, 3.63) is 50.4 Å². The minimum atomic E-state index is -0.678. The molecule has 9 heteroatoms. The summed E-state index contributed by atoms with van der Waals surface area (Å²) in [4.78, 5) is 41.8. The van der Waals surface area contributed by atoms with Crippen LogP contribution in [-0.4, -0.2) is 35.7 Å². The van der Waals surface area contributed by atoms with Gasteiger partial charge in [0.2, 0.25) is 6.54 Å². The summed E-state index contributed by atoms with van der Waals surface area (Å²) in [7, 11) is 1.52. The molecule has 0 radical (unpaired) electrons. The van der Waals surface area contributed by atoms with Gasteiger partial charge in [-0.25, -0.2) is 4.79 Å². The van der Waals surface area contributed by atoms with Crippen molar-refractivity contribution in [3.8, 4) is 0 Å². The Labute approximate surface area is 181 Å². The fourth-order valence-corrected chi connectivity index (χ4v) is 3.99. The summed E-state index contributed by atoms with van der Waals surface area (Å²) in [5, 5.41) is 0. The lowest BCUT2D eigenvalue weighted by molar-refractivity contribution is -0.684. The van der Waals surface area contributed by atoms with Gasteiger partial charge in [0.1, 0.15) is 5.82 Å². The van der Waals surface area contributed by atoms with Gasteiger partial charge in [-0.2, -0.15) is 4.57 Å². The molecule has 0 saturated carbocycles. The molecule has 0 bridgehead atoms. The van der Waals surface area contributed by atoms with E-state index in [0.717, 1.165) is 19.3 Å². The average molecular weight is 431 g/mol. The summed E-state index contributed by atoms with van der Waals surface area (Å²) in [6.07, 6.45) is 8.30. The molecule has 3 rings (SSSR count). The Kier molecular flexibility index (Phi) is 7.27. The van der Waals surface area contributed by atoms with E-state index in [-0.39, 0.29) is 43.0 Å². The Morgan fingerprint density at radius 3 is 2.68 bits per heavy atom. The second kappa shape index (κ2) is 9.91. The first-order valence-electron chi connectivity index (χ1n) is 10.7. The number of rotatable bonds is 8. The summed E-state index contributed by atoms with van der Waals surface area (Å²) < 4.78 is 8.28. The van der Waals surface area contributed by atoms with Crippen molar-refractivity contribution in [2.75, 3.05) is 30.9 Å². The van der Waals surface area contributed by atoms with Crippen LogP contribution in [-0.2, 0) is 35.5 Å². The molecule has 0 atom stereocenters. The van der Waals surface area contributed by atoms with Gasteiger partial charge < -0.3 is 10.5 Å². The number of nitrogens with two attached hydrogens (primary N) is 1. The predicted molar refractivity (Wildman–Crippen MR) is 118 cm³/mol. The van der Waals surface area contributed by atoms with E-state index in [4.69, 9.17) is 10.5 Å². The second-order valence-electron chi connectivity index (χ2n) is 8.41. The fraction of sp³-hybridized carbons (Fsp3) is 0.545. The van der Waals surface area contributed by atoms with Crippen molar-refractivity contribution in [2.45, 2.75) is 52.6 Å². The molecule has 0 unspecified atom stereocenters. The van der Waals surface area contributed by atoms with Crippen molar-refractivity contribution >= 4 is 17.4 Å². The molecule has 0 aliphatic heterocycles. The predicted octanol–water partition coefficient (Wildman–Crippen LogP) is 0.621. The SMILES string of the molecule is COCCN(C(=O)C[n+]1ccc2c(c1)CCCC2)c1c(N)n(CC(C)C)c(=O)[nH]c1=O. The number of H-pyrrole nitrogens is 1. The Bertz CT molecular complexity index is 1060. The average Bonchev–Trinajstić information content (AvgIpc) is 2.73. The van der Waals surface area contributed by atoms with Gasteiger partial charge in [-0.15, -0.1) is 0 Å². The normalized spacial score (nSPS) is 13.3. The molecule has 0 spiro atoms.